The van der Waals surface area contributed by atoms with Gasteiger partial charge in [-0.15, -0.1) is 5.10 Å². The molecule has 0 atom stereocenters. The normalized spacial score (nSPS) is 11.6. The van der Waals surface area contributed by atoms with Gasteiger partial charge < -0.3 is 13.7 Å². The fourth-order valence-electron chi connectivity index (χ4n) is 3.47. The zero-order valence-electron chi connectivity index (χ0n) is 16.0. The summed E-state index contributed by atoms with van der Waals surface area (Å²) in [6, 6.07) is 11.1. The molecule has 4 heterocycles. The van der Waals surface area contributed by atoms with Crippen LogP contribution in [0.3, 0.4) is 0 Å². The van der Waals surface area contributed by atoms with E-state index in [9.17, 15) is 0 Å². The number of nitrogens with zero attached hydrogens (tertiary/aromatic N) is 5. The van der Waals surface area contributed by atoms with E-state index < -0.39 is 0 Å². The molecule has 0 fully saturated rings. The summed E-state index contributed by atoms with van der Waals surface area (Å²) in [7, 11) is 0. The molecule has 0 aliphatic carbocycles. The van der Waals surface area contributed by atoms with Crippen molar-refractivity contribution in [2.45, 2.75) is 27.0 Å². The van der Waals surface area contributed by atoms with Crippen LogP contribution in [0.4, 0.5) is 0 Å². The Kier molecular flexibility index (Phi) is 4.24. The van der Waals surface area contributed by atoms with Crippen LogP contribution < -0.4 is 4.74 Å². The summed E-state index contributed by atoms with van der Waals surface area (Å²) in [6.45, 7) is 5.04. The lowest BCUT2D eigenvalue weighted by Crippen LogP contribution is -2.02. The van der Waals surface area contributed by atoms with Crippen molar-refractivity contribution in [3.63, 3.8) is 0 Å². The van der Waals surface area contributed by atoms with Crippen molar-refractivity contribution in [3.8, 4) is 5.75 Å². The first kappa shape index (κ1) is 17.8. The molecular formula is C21H18ClN5O2. The van der Waals surface area contributed by atoms with Gasteiger partial charge in [0.15, 0.2) is 11.5 Å². The SMILES string of the molecule is Cc1c(C)n(Cc2ccco2)c2ncn3nc(COc4ccc(Cl)cc4)nc3c12. The highest BCUT2D eigenvalue weighted by molar-refractivity contribution is 6.30. The highest BCUT2D eigenvalue weighted by atomic mass is 35.5. The highest BCUT2D eigenvalue weighted by Gasteiger charge is 2.18. The predicted molar refractivity (Wildman–Crippen MR) is 109 cm³/mol. The molecule has 1 aromatic carbocycles. The van der Waals surface area contributed by atoms with E-state index in [0.717, 1.165) is 33.7 Å². The van der Waals surface area contributed by atoms with E-state index in [1.807, 2.05) is 24.3 Å². The average molecular weight is 408 g/mol. The van der Waals surface area contributed by atoms with E-state index in [4.69, 9.17) is 25.7 Å². The molecule has 7 nitrogen and oxygen atoms in total. The van der Waals surface area contributed by atoms with Crippen LogP contribution in [-0.4, -0.2) is 24.1 Å². The first-order valence-electron chi connectivity index (χ1n) is 9.20. The summed E-state index contributed by atoms with van der Waals surface area (Å²) in [5, 5.41) is 6.17. The summed E-state index contributed by atoms with van der Waals surface area (Å²) < 4.78 is 15.1. The predicted octanol–water partition coefficient (Wildman–Crippen LogP) is 4.57. The van der Waals surface area contributed by atoms with Crippen molar-refractivity contribution in [2.75, 3.05) is 0 Å². The first-order chi connectivity index (χ1) is 14.1. The molecule has 0 saturated carbocycles. The highest BCUT2D eigenvalue weighted by Crippen LogP contribution is 2.27. The third-order valence-corrected chi connectivity index (χ3v) is 5.32. The molecule has 146 valence electrons. The molecule has 8 heteroatoms. The third kappa shape index (κ3) is 3.13. The smallest absolute Gasteiger partial charge is 0.189 e. The molecule has 5 rings (SSSR count). The second kappa shape index (κ2) is 6.93. The topological polar surface area (TPSA) is 70.4 Å². The van der Waals surface area contributed by atoms with Gasteiger partial charge >= 0.3 is 0 Å². The van der Waals surface area contributed by atoms with Gasteiger partial charge in [-0.1, -0.05) is 11.6 Å². The van der Waals surface area contributed by atoms with Crippen molar-refractivity contribution in [2.24, 2.45) is 0 Å². The summed E-state index contributed by atoms with van der Waals surface area (Å²) >= 11 is 5.91. The number of hydrogen-bond acceptors (Lipinski definition) is 5. The monoisotopic (exact) mass is 407 g/mol. The molecule has 0 bridgehead atoms. The summed E-state index contributed by atoms with van der Waals surface area (Å²) in [6.07, 6.45) is 3.37. The number of fused-ring (bicyclic) bond motifs is 3. The van der Waals surface area contributed by atoms with E-state index in [1.165, 1.54) is 0 Å². The van der Waals surface area contributed by atoms with Crippen molar-refractivity contribution in [1.82, 2.24) is 24.1 Å². The molecule has 0 N–H and O–H groups in total. The fourth-order valence-corrected chi connectivity index (χ4v) is 3.59. The van der Waals surface area contributed by atoms with Crippen LogP contribution in [0.5, 0.6) is 5.75 Å². The number of halogens is 1. The molecule has 5 aromatic rings. The number of furan rings is 1. The molecule has 0 amide bonds. The zero-order chi connectivity index (χ0) is 20.0. The number of benzene rings is 1. The van der Waals surface area contributed by atoms with E-state index in [2.05, 4.69) is 28.5 Å². The molecule has 0 spiro atoms. The minimum absolute atomic E-state index is 0.260. The second-order valence-electron chi connectivity index (χ2n) is 6.86. The molecule has 0 radical (unpaired) electrons. The minimum atomic E-state index is 0.260. The Morgan fingerprint density at radius 2 is 1.93 bits per heavy atom. The standard InChI is InChI=1S/C21H18ClN5O2/c1-13-14(2)26(10-17-4-3-9-28-17)20-19(13)21-24-18(25-27(21)12-23-20)11-29-16-7-5-15(22)6-8-16/h3-9,12H,10-11H2,1-2H3. The zero-order valence-corrected chi connectivity index (χ0v) is 16.7. The van der Waals surface area contributed by atoms with Crippen LogP contribution in [0.1, 0.15) is 22.8 Å². The molecule has 0 saturated heterocycles. The number of rotatable bonds is 5. The Morgan fingerprint density at radius 1 is 1.10 bits per heavy atom. The lowest BCUT2D eigenvalue weighted by Gasteiger charge is -2.05. The molecule has 0 aliphatic rings. The maximum absolute atomic E-state index is 5.91. The van der Waals surface area contributed by atoms with Crippen molar-refractivity contribution >= 4 is 28.3 Å². The van der Waals surface area contributed by atoms with Gasteiger partial charge in [-0.3, -0.25) is 0 Å². The van der Waals surface area contributed by atoms with E-state index in [1.54, 1.807) is 29.2 Å². The van der Waals surface area contributed by atoms with Crippen molar-refractivity contribution in [1.29, 1.82) is 0 Å². The van der Waals surface area contributed by atoms with Gasteiger partial charge in [0.05, 0.1) is 18.2 Å². The van der Waals surface area contributed by atoms with Gasteiger partial charge in [0.2, 0.25) is 0 Å². The molecule has 29 heavy (non-hydrogen) atoms. The number of hydrogen-bond donors (Lipinski definition) is 0. The molecule has 0 aliphatic heterocycles. The number of aromatic nitrogens is 5. The number of aryl methyl sites for hydroxylation is 1. The second-order valence-corrected chi connectivity index (χ2v) is 7.29. The summed E-state index contributed by atoms with van der Waals surface area (Å²) in [5.74, 6) is 2.18. The van der Waals surface area contributed by atoms with Crippen molar-refractivity contribution < 1.29 is 9.15 Å². The van der Waals surface area contributed by atoms with Gasteiger partial charge in [-0.25, -0.2) is 14.5 Å². The summed E-state index contributed by atoms with van der Waals surface area (Å²) in [4.78, 5) is 9.35. The van der Waals surface area contributed by atoms with Gasteiger partial charge in [0.25, 0.3) is 0 Å². The van der Waals surface area contributed by atoms with Crippen LogP contribution in [0, 0.1) is 13.8 Å². The number of ether oxygens (including phenoxy) is 1. The average Bonchev–Trinajstić information content (AvgIpc) is 3.43. The van der Waals surface area contributed by atoms with Gasteiger partial charge in [-0.05, 0) is 55.8 Å². The lowest BCUT2D eigenvalue weighted by atomic mass is 10.2. The molecule has 0 unspecified atom stereocenters. The Balaban J connectivity index is 1.52. The fraction of sp³-hybridized carbons (Fsp3) is 0.190. The Morgan fingerprint density at radius 3 is 2.69 bits per heavy atom. The summed E-state index contributed by atoms with van der Waals surface area (Å²) in [5.41, 5.74) is 3.88. The van der Waals surface area contributed by atoms with Crippen LogP contribution in [0.15, 0.2) is 53.4 Å². The lowest BCUT2D eigenvalue weighted by molar-refractivity contribution is 0.296. The van der Waals surface area contributed by atoms with Crippen LogP contribution in [-0.2, 0) is 13.2 Å². The van der Waals surface area contributed by atoms with E-state index >= 15 is 0 Å². The van der Waals surface area contributed by atoms with E-state index in [-0.39, 0.29) is 6.61 Å². The third-order valence-electron chi connectivity index (χ3n) is 5.07. The van der Waals surface area contributed by atoms with Crippen LogP contribution >= 0.6 is 11.6 Å². The van der Waals surface area contributed by atoms with Gasteiger partial charge in [-0.2, -0.15) is 0 Å². The van der Waals surface area contributed by atoms with Crippen LogP contribution in [0.25, 0.3) is 16.7 Å². The Hall–Kier alpha value is -3.32. The Labute approximate surface area is 171 Å². The molecule has 4 aromatic heterocycles. The van der Waals surface area contributed by atoms with Crippen LogP contribution in [0.2, 0.25) is 5.02 Å². The molecular weight excluding hydrogens is 390 g/mol. The maximum Gasteiger partial charge on any atom is 0.189 e. The van der Waals surface area contributed by atoms with Gasteiger partial charge in [0.1, 0.15) is 30.1 Å². The first-order valence-corrected chi connectivity index (χ1v) is 9.58. The maximum atomic E-state index is 5.91. The quantitative estimate of drug-likeness (QED) is 0.427. The largest absolute Gasteiger partial charge is 0.486 e. The van der Waals surface area contributed by atoms with E-state index in [0.29, 0.717) is 23.1 Å². The van der Waals surface area contributed by atoms with Crippen molar-refractivity contribution in [3.05, 3.63) is 76.9 Å². The Bertz CT molecular complexity index is 1300. The minimum Gasteiger partial charge on any atom is -0.486 e. The van der Waals surface area contributed by atoms with Gasteiger partial charge in [0, 0.05) is 10.7 Å².